The van der Waals surface area contributed by atoms with Gasteiger partial charge in [0.05, 0.1) is 29.4 Å². The summed E-state index contributed by atoms with van der Waals surface area (Å²) in [5.41, 5.74) is -1.13. The van der Waals surface area contributed by atoms with E-state index in [0.29, 0.717) is 31.1 Å². The summed E-state index contributed by atoms with van der Waals surface area (Å²) in [6.07, 6.45) is -0.271. The fourth-order valence-electron chi connectivity index (χ4n) is 4.56. The van der Waals surface area contributed by atoms with E-state index in [0.717, 1.165) is 0 Å². The van der Waals surface area contributed by atoms with E-state index in [1.165, 1.54) is 6.07 Å². The lowest BCUT2D eigenvalue weighted by Crippen LogP contribution is -2.53. The Kier molecular flexibility index (Phi) is 7.09. The highest BCUT2D eigenvalue weighted by molar-refractivity contribution is 6.12. The van der Waals surface area contributed by atoms with Gasteiger partial charge in [-0.1, -0.05) is 33.8 Å². The van der Waals surface area contributed by atoms with E-state index in [4.69, 9.17) is 9.47 Å². The predicted octanol–water partition coefficient (Wildman–Crippen LogP) is 2.64. The monoisotopic (exact) mass is 448 g/mol. The van der Waals surface area contributed by atoms with Crippen LogP contribution in [0.25, 0.3) is 0 Å². The summed E-state index contributed by atoms with van der Waals surface area (Å²) in [6, 6.07) is 1.39. The first kappa shape index (κ1) is 24.4. The Labute approximate surface area is 187 Å². The molecule has 3 rings (SSSR count). The summed E-state index contributed by atoms with van der Waals surface area (Å²) in [5.74, 6) is -1.42. The molecule has 0 radical (unpaired) electrons. The van der Waals surface area contributed by atoms with Gasteiger partial charge in [-0.2, -0.15) is 0 Å². The molecular formula is C24H32O8. The van der Waals surface area contributed by atoms with Crippen LogP contribution in [0.3, 0.4) is 0 Å². The number of hydrogen-bond acceptors (Lipinski definition) is 8. The van der Waals surface area contributed by atoms with Gasteiger partial charge in [0.2, 0.25) is 0 Å². The number of phenols is 2. The summed E-state index contributed by atoms with van der Waals surface area (Å²) in [7, 11) is 0. The fourth-order valence-corrected chi connectivity index (χ4v) is 4.56. The number of aliphatic hydroxyl groups excluding tert-OH is 2. The van der Waals surface area contributed by atoms with Crippen molar-refractivity contribution < 1.29 is 39.5 Å². The van der Waals surface area contributed by atoms with E-state index in [2.05, 4.69) is 0 Å². The first-order valence-corrected chi connectivity index (χ1v) is 11.1. The summed E-state index contributed by atoms with van der Waals surface area (Å²) in [5, 5.41) is 42.2. The van der Waals surface area contributed by atoms with Crippen molar-refractivity contribution in [2.45, 2.75) is 83.6 Å². The summed E-state index contributed by atoms with van der Waals surface area (Å²) >= 11 is 0. The Bertz CT molecular complexity index is 907. The minimum absolute atomic E-state index is 0.0311. The molecule has 5 atom stereocenters. The van der Waals surface area contributed by atoms with Crippen LogP contribution in [-0.4, -0.2) is 62.7 Å². The molecule has 2 aliphatic rings. The molecule has 1 aromatic carbocycles. The van der Waals surface area contributed by atoms with Crippen LogP contribution in [-0.2, 0) is 15.9 Å². The molecule has 2 aliphatic heterocycles. The molecular weight excluding hydrogens is 416 g/mol. The van der Waals surface area contributed by atoms with Gasteiger partial charge < -0.3 is 29.9 Å². The number of ketones is 1. The van der Waals surface area contributed by atoms with Gasteiger partial charge in [0, 0.05) is 12.0 Å². The van der Waals surface area contributed by atoms with Crippen LogP contribution in [0.15, 0.2) is 17.7 Å². The Morgan fingerprint density at radius 2 is 1.94 bits per heavy atom. The van der Waals surface area contributed by atoms with Crippen molar-refractivity contribution in [3.63, 3.8) is 0 Å². The van der Waals surface area contributed by atoms with Gasteiger partial charge in [-0.3, -0.25) is 9.59 Å². The normalized spacial score (nSPS) is 30.0. The van der Waals surface area contributed by atoms with E-state index in [1.807, 2.05) is 27.7 Å². The minimum atomic E-state index is -1.41. The molecule has 0 aromatic heterocycles. The molecule has 1 aromatic rings. The van der Waals surface area contributed by atoms with E-state index < -0.39 is 35.6 Å². The summed E-state index contributed by atoms with van der Waals surface area (Å²) < 4.78 is 11.3. The number of aliphatic hydroxyl groups is 2. The second-order valence-corrected chi connectivity index (χ2v) is 8.90. The van der Waals surface area contributed by atoms with Crippen molar-refractivity contribution in [3.05, 3.63) is 34.4 Å². The van der Waals surface area contributed by atoms with Crippen LogP contribution in [0, 0.1) is 5.92 Å². The highest BCUT2D eigenvalue weighted by Gasteiger charge is 2.68. The third-order valence-corrected chi connectivity index (χ3v) is 6.21. The van der Waals surface area contributed by atoms with Crippen molar-refractivity contribution in [2.24, 2.45) is 5.92 Å². The van der Waals surface area contributed by atoms with Gasteiger partial charge in [0.15, 0.2) is 24.0 Å². The Morgan fingerprint density at radius 1 is 1.25 bits per heavy atom. The zero-order valence-electron chi connectivity index (χ0n) is 18.9. The quantitative estimate of drug-likeness (QED) is 0.206. The molecule has 1 spiro atoms. The van der Waals surface area contributed by atoms with E-state index in [9.17, 15) is 30.0 Å². The molecule has 4 N–H and O–H groups in total. The summed E-state index contributed by atoms with van der Waals surface area (Å²) in [4.78, 5) is 25.0. The highest BCUT2D eigenvalue weighted by Crippen LogP contribution is 2.50. The second kappa shape index (κ2) is 9.31. The molecule has 2 saturated heterocycles. The number of hydrogen-bond donors (Lipinski definition) is 4. The van der Waals surface area contributed by atoms with Crippen LogP contribution >= 0.6 is 0 Å². The zero-order chi connectivity index (χ0) is 23.8. The largest absolute Gasteiger partial charge is 0.507 e. The first-order valence-electron chi connectivity index (χ1n) is 11.1. The van der Waals surface area contributed by atoms with Gasteiger partial charge in [-0.15, -0.1) is 0 Å². The van der Waals surface area contributed by atoms with Gasteiger partial charge in [-0.25, -0.2) is 0 Å². The molecule has 176 valence electrons. The molecule has 0 aliphatic carbocycles. The SMILES string of the molecule is CC/C=C(\C(=O)c1cc(CC(C)C)c(O)c(C=O)c1O)[C@H]1C[C@@H](O)[C@@]2(O[C@H]2CC)[C@H](O)O1. The number of carbonyl (C=O) groups excluding carboxylic acids is 2. The van der Waals surface area contributed by atoms with Gasteiger partial charge in [0.25, 0.3) is 0 Å². The third kappa shape index (κ3) is 4.08. The van der Waals surface area contributed by atoms with Crippen molar-refractivity contribution in [1.29, 1.82) is 0 Å². The topological polar surface area (TPSA) is 137 Å². The molecule has 0 amide bonds. The number of rotatable bonds is 8. The maximum Gasteiger partial charge on any atom is 0.195 e. The highest BCUT2D eigenvalue weighted by atomic mass is 16.7. The number of epoxide rings is 1. The molecule has 0 saturated carbocycles. The lowest BCUT2D eigenvalue weighted by Gasteiger charge is -2.36. The second-order valence-electron chi connectivity index (χ2n) is 8.90. The number of ether oxygens (including phenoxy) is 2. The van der Waals surface area contributed by atoms with Crippen LogP contribution < -0.4 is 0 Å². The van der Waals surface area contributed by atoms with E-state index in [-0.39, 0.29) is 40.9 Å². The predicted molar refractivity (Wildman–Crippen MR) is 116 cm³/mol. The number of benzene rings is 1. The van der Waals surface area contributed by atoms with Gasteiger partial charge in [-0.05, 0) is 36.8 Å². The Hall–Kier alpha value is -2.26. The van der Waals surface area contributed by atoms with Crippen LogP contribution in [0.2, 0.25) is 0 Å². The minimum Gasteiger partial charge on any atom is -0.507 e. The number of aldehydes is 1. The average molecular weight is 449 g/mol. The third-order valence-electron chi connectivity index (χ3n) is 6.21. The van der Waals surface area contributed by atoms with Gasteiger partial charge in [0.1, 0.15) is 11.5 Å². The number of carbonyl (C=O) groups is 2. The number of Topliss-reactive ketones (excluding diaryl/α,β-unsaturated/α-hetero) is 1. The Morgan fingerprint density at radius 3 is 2.44 bits per heavy atom. The first-order chi connectivity index (χ1) is 15.1. The zero-order valence-corrected chi connectivity index (χ0v) is 18.9. The molecule has 0 unspecified atom stereocenters. The van der Waals surface area contributed by atoms with Crippen molar-refractivity contribution >= 4 is 12.1 Å². The maximum absolute atomic E-state index is 13.5. The number of phenolic OH excluding ortho intramolecular Hbond substituents is 2. The van der Waals surface area contributed by atoms with Crippen molar-refractivity contribution in [1.82, 2.24) is 0 Å². The van der Waals surface area contributed by atoms with Gasteiger partial charge >= 0.3 is 0 Å². The molecule has 2 heterocycles. The van der Waals surface area contributed by atoms with Crippen molar-refractivity contribution in [3.8, 4) is 11.5 Å². The fraction of sp³-hybridized carbons (Fsp3) is 0.583. The molecule has 2 fully saturated rings. The van der Waals surface area contributed by atoms with Crippen LogP contribution in [0.5, 0.6) is 11.5 Å². The smallest absolute Gasteiger partial charge is 0.195 e. The maximum atomic E-state index is 13.5. The molecule has 8 heteroatoms. The van der Waals surface area contributed by atoms with Crippen LogP contribution in [0.1, 0.15) is 73.2 Å². The standard InChI is InChI=1S/C24H32O8/c1-5-7-14(17-10-18(26)24(23(30)31-17)19(6-2)32-24)21(28)15-9-13(8-12(3)4)20(27)16(11-25)22(15)29/h7,9,11-12,17-19,23,26-27,29-30H,5-6,8,10H2,1-4H3/b14-7-/t17-,18-,19+,23-,24+/m1/s1. The van der Waals surface area contributed by atoms with Crippen molar-refractivity contribution in [2.75, 3.05) is 0 Å². The lowest BCUT2D eigenvalue weighted by atomic mass is 9.84. The summed E-state index contributed by atoms with van der Waals surface area (Å²) in [6.45, 7) is 7.55. The van der Waals surface area contributed by atoms with Crippen LogP contribution in [0.4, 0.5) is 0 Å². The Balaban J connectivity index is 1.97. The molecule has 8 nitrogen and oxygen atoms in total. The number of allylic oxidation sites excluding steroid dienone is 1. The molecule has 32 heavy (non-hydrogen) atoms. The van der Waals surface area contributed by atoms with E-state index >= 15 is 0 Å². The lowest BCUT2D eigenvalue weighted by molar-refractivity contribution is -0.222. The molecule has 0 bridgehead atoms. The number of aromatic hydroxyl groups is 2. The van der Waals surface area contributed by atoms with E-state index in [1.54, 1.807) is 6.08 Å². The average Bonchev–Trinajstić information content (AvgIpc) is 3.48.